The first-order chi connectivity index (χ1) is 9.23. The summed E-state index contributed by atoms with van der Waals surface area (Å²) in [5.41, 5.74) is 0.353. The Morgan fingerprint density at radius 1 is 1.58 bits per heavy atom. The van der Waals surface area contributed by atoms with E-state index < -0.39 is 12.1 Å². The van der Waals surface area contributed by atoms with Gasteiger partial charge in [-0.3, -0.25) is 9.18 Å². The number of fused-ring (bicyclic) bond motifs is 1. The van der Waals surface area contributed by atoms with Gasteiger partial charge in [-0.1, -0.05) is 0 Å². The molecule has 19 heavy (non-hydrogen) atoms. The van der Waals surface area contributed by atoms with Gasteiger partial charge in [0.1, 0.15) is 0 Å². The monoisotopic (exact) mass is 267 g/mol. The quantitative estimate of drug-likeness (QED) is 0.878. The van der Waals surface area contributed by atoms with Crippen molar-refractivity contribution < 1.29 is 13.9 Å². The van der Waals surface area contributed by atoms with Gasteiger partial charge in [-0.25, -0.2) is 4.68 Å². The van der Waals surface area contributed by atoms with Crippen molar-refractivity contribution in [3.05, 3.63) is 11.8 Å². The first-order valence-corrected chi connectivity index (χ1v) is 6.77. The van der Waals surface area contributed by atoms with Crippen LogP contribution in [0.25, 0.3) is 0 Å². The van der Waals surface area contributed by atoms with E-state index in [1.54, 1.807) is 0 Å². The SMILES string of the molecule is O=C(NCc1cc2n(n1)CCCO2)C1(CCF)CC1. The first kappa shape index (κ1) is 12.4. The molecule has 0 unspecified atom stereocenters. The van der Waals surface area contributed by atoms with Crippen LogP contribution in [0.3, 0.4) is 0 Å². The third-order valence-corrected chi connectivity index (χ3v) is 3.90. The Kier molecular flexibility index (Phi) is 3.16. The lowest BCUT2D eigenvalue weighted by Gasteiger charge is -2.13. The molecule has 1 amide bonds. The minimum Gasteiger partial charge on any atom is -0.478 e. The molecule has 104 valence electrons. The average molecular weight is 267 g/mol. The minimum atomic E-state index is -0.440. The fourth-order valence-corrected chi connectivity index (χ4v) is 2.48. The fraction of sp³-hybridized carbons (Fsp3) is 0.692. The molecule has 1 fully saturated rings. The van der Waals surface area contributed by atoms with Crippen molar-refractivity contribution in [2.45, 2.75) is 38.8 Å². The predicted octanol–water partition coefficient (Wildman–Crippen LogP) is 1.42. The van der Waals surface area contributed by atoms with Crippen LogP contribution in [0.15, 0.2) is 6.07 Å². The van der Waals surface area contributed by atoms with Crippen LogP contribution in [0.4, 0.5) is 4.39 Å². The van der Waals surface area contributed by atoms with Crippen molar-refractivity contribution in [3.63, 3.8) is 0 Å². The molecule has 1 aromatic rings. The second kappa shape index (κ2) is 4.83. The fourth-order valence-electron chi connectivity index (χ4n) is 2.48. The topological polar surface area (TPSA) is 56.2 Å². The molecule has 1 aliphatic heterocycles. The average Bonchev–Trinajstić information content (AvgIpc) is 3.08. The molecular formula is C13H18FN3O2. The van der Waals surface area contributed by atoms with Crippen molar-refractivity contribution in [1.82, 2.24) is 15.1 Å². The van der Waals surface area contributed by atoms with E-state index in [-0.39, 0.29) is 5.91 Å². The molecule has 2 aliphatic rings. The maximum atomic E-state index is 12.4. The van der Waals surface area contributed by atoms with E-state index in [0.717, 1.165) is 44.0 Å². The number of nitrogens with one attached hydrogen (secondary N) is 1. The third-order valence-electron chi connectivity index (χ3n) is 3.90. The van der Waals surface area contributed by atoms with Gasteiger partial charge in [0.05, 0.1) is 30.9 Å². The summed E-state index contributed by atoms with van der Waals surface area (Å²) in [7, 11) is 0. The smallest absolute Gasteiger partial charge is 0.226 e. The highest BCUT2D eigenvalue weighted by atomic mass is 19.1. The van der Waals surface area contributed by atoms with Crippen molar-refractivity contribution >= 4 is 5.91 Å². The van der Waals surface area contributed by atoms with Crippen LogP contribution in [0.1, 0.15) is 31.4 Å². The van der Waals surface area contributed by atoms with E-state index in [1.807, 2.05) is 10.7 Å². The molecule has 1 N–H and O–H groups in total. The second-order valence-corrected chi connectivity index (χ2v) is 5.30. The van der Waals surface area contributed by atoms with Gasteiger partial charge in [-0.05, 0) is 19.3 Å². The predicted molar refractivity (Wildman–Crippen MR) is 66.4 cm³/mol. The first-order valence-electron chi connectivity index (χ1n) is 6.77. The van der Waals surface area contributed by atoms with Gasteiger partial charge in [-0.2, -0.15) is 5.10 Å². The summed E-state index contributed by atoms with van der Waals surface area (Å²) in [6.07, 6.45) is 2.89. The van der Waals surface area contributed by atoms with Crippen molar-refractivity contribution in [1.29, 1.82) is 0 Å². The summed E-state index contributed by atoms with van der Waals surface area (Å²) < 4.78 is 19.7. The van der Waals surface area contributed by atoms with Crippen molar-refractivity contribution in [2.75, 3.05) is 13.3 Å². The largest absolute Gasteiger partial charge is 0.478 e. The zero-order valence-electron chi connectivity index (χ0n) is 10.8. The van der Waals surface area contributed by atoms with Gasteiger partial charge >= 0.3 is 0 Å². The van der Waals surface area contributed by atoms with Gasteiger partial charge < -0.3 is 10.1 Å². The molecule has 6 heteroatoms. The standard InChI is InChI=1S/C13H18FN3O2/c14-5-4-13(2-3-13)12(18)15-9-10-8-11-17(16-10)6-1-7-19-11/h8H,1-7,9H2,(H,15,18). The molecule has 3 rings (SSSR count). The highest BCUT2D eigenvalue weighted by molar-refractivity contribution is 5.85. The highest BCUT2D eigenvalue weighted by Crippen LogP contribution is 2.49. The van der Waals surface area contributed by atoms with Gasteiger partial charge in [0.15, 0.2) is 0 Å². The number of rotatable bonds is 5. The van der Waals surface area contributed by atoms with Crippen LogP contribution in [0.2, 0.25) is 0 Å². The summed E-state index contributed by atoms with van der Waals surface area (Å²) in [5, 5.41) is 7.23. The minimum absolute atomic E-state index is 0.0444. The number of aromatic nitrogens is 2. The molecule has 1 aliphatic carbocycles. The number of amides is 1. The Labute approximate surface area is 111 Å². The van der Waals surface area contributed by atoms with E-state index in [1.165, 1.54) is 0 Å². The lowest BCUT2D eigenvalue weighted by molar-refractivity contribution is -0.126. The Bertz CT molecular complexity index is 459. The van der Waals surface area contributed by atoms with Crippen LogP contribution in [-0.4, -0.2) is 29.0 Å². The van der Waals surface area contributed by atoms with Crippen molar-refractivity contribution in [3.8, 4) is 5.88 Å². The number of hydrogen-bond acceptors (Lipinski definition) is 3. The number of carbonyl (C=O) groups excluding carboxylic acids is 1. The molecule has 0 saturated heterocycles. The number of alkyl halides is 1. The van der Waals surface area contributed by atoms with Crippen LogP contribution >= 0.6 is 0 Å². The second-order valence-electron chi connectivity index (χ2n) is 5.30. The number of hydrogen-bond donors (Lipinski definition) is 1. The van der Waals surface area contributed by atoms with Crippen molar-refractivity contribution in [2.24, 2.45) is 5.41 Å². The van der Waals surface area contributed by atoms with E-state index in [0.29, 0.717) is 13.0 Å². The molecule has 2 heterocycles. The molecule has 5 nitrogen and oxygen atoms in total. The molecule has 0 spiro atoms. The van der Waals surface area contributed by atoms with Gasteiger partial charge in [-0.15, -0.1) is 0 Å². The Hall–Kier alpha value is -1.59. The molecule has 1 saturated carbocycles. The van der Waals surface area contributed by atoms with E-state index in [9.17, 15) is 9.18 Å². The Morgan fingerprint density at radius 3 is 3.11 bits per heavy atom. The van der Waals surface area contributed by atoms with E-state index >= 15 is 0 Å². The van der Waals surface area contributed by atoms with Crippen LogP contribution in [-0.2, 0) is 17.9 Å². The van der Waals surface area contributed by atoms with Gasteiger partial charge in [0.2, 0.25) is 11.8 Å². The zero-order chi connectivity index (χ0) is 13.3. The van der Waals surface area contributed by atoms with Gasteiger partial charge in [0.25, 0.3) is 0 Å². The van der Waals surface area contributed by atoms with Crippen LogP contribution in [0, 0.1) is 5.41 Å². The zero-order valence-corrected chi connectivity index (χ0v) is 10.8. The summed E-state index contributed by atoms with van der Waals surface area (Å²) >= 11 is 0. The molecule has 0 bridgehead atoms. The summed E-state index contributed by atoms with van der Waals surface area (Å²) in [6, 6.07) is 1.86. The summed E-state index contributed by atoms with van der Waals surface area (Å²) in [6.45, 7) is 1.53. The number of nitrogens with zero attached hydrogens (tertiary/aromatic N) is 2. The molecular weight excluding hydrogens is 249 g/mol. The lowest BCUT2D eigenvalue weighted by atomic mass is 10.0. The third kappa shape index (κ3) is 2.43. The molecule has 1 aromatic heterocycles. The summed E-state index contributed by atoms with van der Waals surface area (Å²) in [4.78, 5) is 12.0. The summed E-state index contributed by atoms with van der Waals surface area (Å²) in [5.74, 6) is 0.720. The maximum absolute atomic E-state index is 12.4. The Morgan fingerprint density at radius 2 is 2.42 bits per heavy atom. The molecule has 0 aromatic carbocycles. The number of carbonyl (C=O) groups is 1. The molecule has 0 radical (unpaired) electrons. The number of ether oxygens (including phenoxy) is 1. The Balaban J connectivity index is 1.57. The van der Waals surface area contributed by atoms with Crippen LogP contribution in [0.5, 0.6) is 5.88 Å². The maximum Gasteiger partial charge on any atom is 0.226 e. The van der Waals surface area contributed by atoms with E-state index in [2.05, 4.69) is 10.4 Å². The molecule has 0 atom stereocenters. The van der Waals surface area contributed by atoms with E-state index in [4.69, 9.17) is 4.74 Å². The number of halogens is 1. The normalized spacial score (nSPS) is 19.4. The van der Waals surface area contributed by atoms with Gasteiger partial charge in [0, 0.05) is 19.0 Å². The highest BCUT2D eigenvalue weighted by Gasteiger charge is 2.49. The van der Waals surface area contributed by atoms with Crippen LogP contribution < -0.4 is 10.1 Å². The number of aryl methyl sites for hydroxylation is 1. The lowest BCUT2D eigenvalue weighted by Crippen LogP contribution is -2.32.